The van der Waals surface area contributed by atoms with Gasteiger partial charge in [0.1, 0.15) is 0 Å². The number of para-hydroxylation sites is 1. The normalized spacial score (nSPS) is 11.5. The Morgan fingerprint density at radius 1 is 1.16 bits per heavy atom. The molecule has 2 aromatic carbocycles. The van der Waals surface area contributed by atoms with Gasteiger partial charge in [-0.2, -0.15) is 0 Å². The maximum atomic E-state index is 13.5. The maximum absolute atomic E-state index is 13.5. The van der Waals surface area contributed by atoms with Crippen LogP contribution in [0.25, 0.3) is 0 Å². The second kappa shape index (κ2) is 8.69. The van der Waals surface area contributed by atoms with Crippen LogP contribution in [0, 0.1) is 5.82 Å². The van der Waals surface area contributed by atoms with E-state index < -0.39 is 23.7 Å². The lowest BCUT2D eigenvalue weighted by molar-refractivity contribution is -0.132. The van der Waals surface area contributed by atoms with Crippen molar-refractivity contribution in [3.63, 3.8) is 0 Å². The molecular formula is C17H15Cl2FN2O3. The van der Waals surface area contributed by atoms with Crippen LogP contribution in [0.5, 0.6) is 5.75 Å². The molecule has 2 rings (SSSR count). The second-order valence-electron chi connectivity index (χ2n) is 5.14. The molecule has 2 aromatic rings. The minimum Gasteiger partial charge on any atom is -0.478 e. The lowest BCUT2D eigenvalue weighted by Gasteiger charge is -2.15. The minimum absolute atomic E-state index is 0.0428. The lowest BCUT2D eigenvalue weighted by atomic mass is 10.1. The number of hydrogen-bond donors (Lipinski definition) is 2. The van der Waals surface area contributed by atoms with Gasteiger partial charge >= 0.3 is 0 Å². The van der Waals surface area contributed by atoms with Gasteiger partial charge in [-0.15, -0.1) is 0 Å². The van der Waals surface area contributed by atoms with Crippen LogP contribution >= 0.6 is 23.2 Å². The van der Waals surface area contributed by atoms with Gasteiger partial charge in [0.15, 0.2) is 17.7 Å². The molecule has 0 aliphatic carbocycles. The first-order valence-electron chi connectivity index (χ1n) is 7.30. The van der Waals surface area contributed by atoms with E-state index in [1.165, 1.54) is 31.2 Å². The highest BCUT2D eigenvalue weighted by molar-refractivity contribution is 6.35. The van der Waals surface area contributed by atoms with Crippen LogP contribution in [0.1, 0.15) is 12.5 Å². The van der Waals surface area contributed by atoms with Crippen molar-refractivity contribution in [2.45, 2.75) is 19.4 Å². The number of hydrogen-bond acceptors (Lipinski definition) is 3. The molecule has 0 aromatic heterocycles. The summed E-state index contributed by atoms with van der Waals surface area (Å²) in [6, 6.07) is 10.5. The van der Waals surface area contributed by atoms with Crippen molar-refractivity contribution in [1.29, 1.82) is 0 Å². The van der Waals surface area contributed by atoms with E-state index >= 15 is 0 Å². The highest BCUT2D eigenvalue weighted by Gasteiger charge is 2.17. The third kappa shape index (κ3) is 5.62. The van der Waals surface area contributed by atoms with Crippen LogP contribution in [0.3, 0.4) is 0 Å². The molecule has 0 unspecified atom stereocenters. The molecule has 0 aliphatic heterocycles. The van der Waals surface area contributed by atoms with E-state index in [9.17, 15) is 14.0 Å². The van der Waals surface area contributed by atoms with E-state index in [-0.39, 0.29) is 12.2 Å². The molecule has 2 N–H and O–H groups in total. The standard InChI is InChI=1S/C17H15Cl2FN2O3/c1-10(25-15-5-3-2-4-14(15)20)17(24)22-21-16(23)8-11-6-7-12(18)9-13(11)19/h2-7,9-10H,8H2,1H3,(H,21,23)(H,22,24)/t10-/m1/s1. The van der Waals surface area contributed by atoms with Gasteiger partial charge in [-0.1, -0.05) is 41.4 Å². The second-order valence-corrected chi connectivity index (χ2v) is 5.98. The number of ether oxygens (including phenoxy) is 1. The molecule has 0 aliphatic rings. The van der Waals surface area contributed by atoms with Crippen LogP contribution < -0.4 is 15.6 Å². The molecule has 132 valence electrons. The monoisotopic (exact) mass is 384 g/mol. The number of benzene rings is 2. The van der Waals surface area contributed by atoms with Crippen molar-refractivity contribution in [1.82, 2.24) is 10.9 Å². The summed E-state index contributed by atoms with van der Waals surface area (Å²) in [5, 5.41) is 0.812. The average Bonchev–Trinajstić information content (AvgIpc) is 2.57. The number of hydrazine groups is 1. The maximum Gasteiger partial charge on any atom is 0.279 e. The van der Waals surface area contributed by atoms with E-state index in [4.69, 9.17) is 27.9 Å². The van der Waals surface area contributed by atoms with E-state index in [2.05, 4.69) is 10.9 Å². The Kier molecular flexibility index (Phi) is 6.61. The Balaban J connectivity index is 1.84. The van der Waals surface area contributed by atoms with Gasteiger partial charge in [0, 0.05) is 10.0 Å². The smallest absolute Gasteiger partial charge is 0.279 e. The van der Waals surface area contributed by atoms with E-state index in [1.54, 1.807) is 18.2 Å². The van der Waals surface area contributed by atoms with Gasteiger partial charge in [-0.3, -0.25) is 20.4 Å². The first-order chi connectivity index (χ1) is 11.9. The van der Waals surface area contributed by atoms with Gasteiger partial charge in [0.25, 0.3) is 5.91 Å². The minimum atomic E-state index is -1.00. The third-order valence-electron chi connectivity index (χ3n) is 3.20. The highest BCUT2D eigenvalue weighted by Crippen LogP contribution is 2.21. The molecule has 5 nitrogen and oxygen atoms in total. The molecule has 0 saturated heterocycles. The summed E-state index contributed by atoms with van der Waals surface area (Å²) in [7, 11) is 0. The van der Waals surface area contributed by atoms with Crippen LogP contribution in [-0.4, -0.2) is 17.9 Å². The predicted octanol–water partition coefficient (Wildman–Crippen LogP) is 3.29. The van der Waals surface area contributed by atoms with Crippen LogP contribution in [-0.2, 0) is 16.0 Å². The Hall–Kier alpha value is -2.31. The van der Waals surface area contributed by atoms with E-state index in [0.29, 0.717) is 15.6 Å². The fourth-order valence-corrected chi connectivity index (χ4v) is 2.37. The summed E-state index contributed by atoms with van der Waals surface area (Å²) in [5.41, 5.74) is 5.03. The van der Waals surface area contributed by atoms with Gasteiger partial charge in [-0.05, 0) is 36.8 Å². The predicted molar refractivity (Wildman–Crippen MR) is 92.9 cm³/mol. The van der Waals surface area contributed by atoms with Crippen molar-refractivity contribution < 1.29 is 18.7 Å². The fourth-order valence-electron chi connectivity index (χ4n) is 1.90. The average molecular weight is 385 g/mol. The summed E-state index contributed by atoms with van der Waals surface area (Å²) in [4.78, 5) is 23.8. The molecule has 8 heteroatoms. The van der Waals surface area contributed by atoms with Gasteiger partial charge in [0.05, 0.1) is 6.42 Å². The zero-order valence-electron chi connectivity index (χ0n) is 13.2. The van der Waals surface area contributed by atoms with Crippen LogP contribution in [0.15, 0.2) is 42.5 Å². The Bertz CT molecular complexity index is 786. The Morgan fingerprint density at radius 2 is 1.88 bits per heavy atom. The Labute approximate surface area is 154 Å². The zero-order chi connectivity index (χ0) is 18.4. The van der Waals surface area contributed by atoms with Gasteiger partial charge < -0.3 is 4.74 Å². The molecule has 2 amide bonds. The van der Waals surface area contributed by atoms with Crippen LogP contribution in [0.2, 0.25) is 10.0 Å². The zero-order valence-corrected chi connectivity index (χ0v) is 14.7. The first kappa shape index (κ1) is 19.0. The molecule has 0 saturated carbocycles. The number of nitrogens with one attached hydrogen (secondary N) is 2. The SMILES string of the molecule is C[C@@H](Oc1ccccc1F)C(=O)NNC(=O)Cc1ccc(Cl)cc1Cl. The van der Waals surface area contributed by atoms with Crippen molar-refractivity contribution in [2.24, 2.45) is 0 Å². The number of rotatable bonds is 5. The van der Waals surface area contributed by atoms with Crippen molar-refractivity contribution in [2.75, 3.05) is 0 Å². The lowest BCUT2D eigenvalue weighted by Crippen LogP contribution is -2.47. The summed E-state index contributed by atoms with van der Waals surface area (Å²) >= 11 is 11.8. The largest absolute Gasteiger partial charge is 0.478 e. The molecule has 25 heavy (non-hydrogen) atoms. The molecule has 0 heterocycles. The van der Waals surface area contributed by atoms with Crippen molar-refractivity contribution in [3.05, 3.63) is 63.9 Å². The molecule has 0 spiro atoms. The Morgan fingerprint density at radius 3 is 2.56 bits per heavy atom. The summed E-state index contributed by atoms with van der Waals surface area (Å²) in [5.74, 6) is -1.73. The molecule has 0 fully saturated rings. The number of amides is 2. The van der Waals surface area contributed by atoms with E-state index in [1.807, 2.05) is 0 Å². The molecular weight excluding hydrogens is 370 g/mol. The summed E-state index contributed by atoms with van der Waals surface area (Å²) in [6.07, 6.45) is -1.05. The first-order valence-corrected chi connectivity index (χ1v) is 8.06. The van der Waals surface area contributed by atoms with Crippen molar-refractivity contribution >= 4 is 35.0 Å². The molecule has 1 atom stereocenters. The highest BCUT2D eigenvalue weighted by atomic mass is 35.5. The number of carbonyl (C=O) groups is 2. The van der Waals surface area contributed by atoms with Crippen LogP contribution in [0.4, 0.5) is 4.39 Å². The fraction of sp³-hybridized carbons (Fsp3) is 0.176. The van der Waals surface area contributed by atoms with Gasteiger partial charge in [-0.25, -0.2) is 4.39 Å². The number of halogens is 3. The quantitative estimate of drug-likeness (QED) is 0.777. The topological polar surface area (TPSA) is 67.4 Å². The summed E-state index contributed by atoms with van der Waals surface area (Å²) in [6.45, 7) is 1.43. The van der Waals surface area contributed by atoms with Crippen molar-refractivity contribution in [3.8, 4) is 5.75 Å². The third-order valence-corrected chi connectivity index (χ3v) is 3.79. The molecule has 0 radical (unpaired) electrons. The van der Waals surface area contributed by atoms with Gasteiger partial charge in [0.2, 0.25) is 5.91 Å². The molecule has 0 bridgehead atoms. The summed E-state index contributed by atoms with van der Waals surface area (Å²) < 4.78 is 18.7. The van der Waals surface area contributed by atoms with E-state index in [0.717, 1.165) is 0 Å². The number of carbonyl (C=O) groups excluding carboxylic acids is 2.